The number of ether oxygens (including phenoxy) is 3. The maximum Gasteiger partial charge on any atom is 0.408 e. The van der Waals surface area contributed by atoms with E-state index in [0.717, 1.165) is 11.1 Å². The van der Waals surface area contributed by atoms with Crippen molar-refractivity contribution >= 4 is 40.9 Å². The third kappa shape index (κ3) is 11.2. The van der Waals surface area contributed by atoms with Crippen LogP contribution in [0.5, 0.6) is 0 Å². The predicted molar refractivity (Wildman–Crippen MR) is 183 cm³/mol. The van der Waals surface area contributed by atoms with Gasteiger partial charge in [0.05, 0.1) is 5.52 Å². The van der Waals surface area contributed by atoms with Crippen LogP contribution in [0.2, 0.25) is 0 Å². The normalized spacial score (nSPS) is 12.3. The van der Waals surface area contributed by atoms with Crippen LogP contribution in [0.4, 0.5) is 9.59 Å². The first-order valence-corrected chi connectivity index (χ1v) is 16.0. The van der Waals surface area contributed by atoms with Crippen molar-refractivity contribution in [3.05, 3.63) is 108 Å². The van der Waals surface area contributed by atoms with E-state index in [1.54, 1.807) is 58.2 Å². The Hall–Kier alpha value is -5.65. The molecule has 2 unspecified atom stereocenters. The monoisotopic (exact) mass is 670 g/mol. The molecule has 1 aromatic heterocycles. The molecule has 0 spiro atoms. The number of amides is 3. The minimum atomic E-state index is -1.12. The van der Waals surface area contributed by atoms with Crippen molar-refractivity contribution in [2.75, 3.05) is 6.54 Å². The van der Waals surface area contributed by atoms with Crippen molar-refractivity contribution in [1.82, 2.24) is 20.5 Å². The minimum Gasteiger partial charge on any atom is -0.459 e. The number of rotatable bonds is 13. The Morgan fingerprint density at radius 1 is 0.755 bits per heavy atom. The van der Waals surface area contributed by atoms with Gasteiger partial charge in [-0.05, 0) is 50.5 Å². The summed E-state index contributed by atoms with van der Waals surface area (Å²) in [4.78, 5) is 64.5. The second kappa shape index (κ2) is 17.0. The summed E-state index contributed by atoms with van der Waals surface area (Å²) >= 11 is 0. The number of hydrogen-bond acceptors (Lipinski definition) is 8. The van der Waals surface area contributed by atoms with Gasteiger partial charge in [-0.2, -0.15) is 0 Å². The molecule has 3 aromatic carbocycles. The summed E-state index contributed by atoms with van der Waals surface area (Å²) in [5.41, 5.74) is 2.03. The van der Waals surface area contributed by atoms with Gasteiger partial charge in [0.25, 0.3) is 5.91 Å². The third-order valence-corrected chi connectivity index (χ3v) is 7.24. The summed E-state index contributed by atoms with van der Waals surface area (Å²) in [6.07, 6.45) is 0.0662. The van der Waals surface area contributed by atoms with Gasteiger partial charge in [0, 0.05) is 31.0 Å². The highest BCUT2D eigenvalue weighted by atomic mass is 16.6. The topological polar surface area (TPSA) is 154 Å². The fourth-order valence-corrected chi connectivity index (χ4v) is 4.91. The van der Waals surface area contributed by atoms with Gasteiger partial charge in [0.15, 0.2) is 0 Å². The highest BCUT2D eigenvalue weighted by Gasteiger charge is 2.27. The molecule has 258 valence electrons. The number of alkyl carbamates (subject to hydrolysis) is 2. The molecule has 4 rings (SSSR count). The van der Waals surface area contributed by atoms with Crippen LogP contribution in [0.25, 0.3) is 10.9 Å². The van der Waals surface area contributed by atoms with Crippen molar-refractivity contribution in [3.8, 4) is 0 Å². The SMILES string of the molecule is CC(NC(=O)OCc1ccccc1)C(=O)n1cc(CC(NC(=O)CCNC(=O)OC(C)(C)C)C(=O)OCc2ccccc2)c2ccccc21. The third-order valence-electron chi connectivity index (χ3n) is 7.24. The molecule has 4 aromatic rings. The Bertz CT molecular complexity index is 1750. The van der Waals surface area contributed by atoms with E-state index in [4.69, 9.17) is 14.2 Å². The number of carbonyl (C=O) groups is 5. The van der Waals surface area contributed by atoms with Crippen LogP contribution in [-0.2, 0) is 43.4 Å². The molecule has 0 radical (unpaired) electrons. The Morgan fingerprint density at radius 2 is 1.35 bits per heavy atom. The molecular weight excluding hydrogens is 628 g/mol. The minimum absolute atomic E-state index is 0.000573. The molecule has 0 aliphatic carbocycles. The van der Waals surface area contributed by atoms with E-state index in [1.165, 1.54) is 4.57 Å². The molecule has 0 aliphatic heterocycles. The van der Waals surface area contributed by atoms with Crippen LogP contribution >= 0.6 is 0 Å². The molecule has 2 atom stereocenters. The number of para-hydroxylation sites is 1. The highest BCUT2D eigenvalue weighted by molar-refractivity contribution is 5.98. The summed E-state index contributed by atoms with van der Waals surface area (Å²) in [6.45, 7) is 6.77. The molecular formula is C37H42N4O8. The number of benzene rings is 3. The maximum atomic E-state index is 13.6. The van der Waals surface area contributed by atoms with Crippen molar-refractivity contribution in [2.24, 2.45) is 0 Å². The van der Waals surface area contributed by atoms with E-state index in [9.17, 15) is 24.0 Å². The molecule has 12 heteroatoms. The molecule has 0 saturated heterocycles. The smallest absolute Gasteiger partial charge is 0.408 e. The number of fused-ring (bicyclic) bond motifs is 1. The first-order chi connectivity index (χ1) is 23.4. The van der Waals surface area contributed by atoms with Gasteiger partial charge in [-0.3, -0.25) is 14.2 Å². The van der Waals surface area contributed by atoms with E-state index in [0.29, 0.717) is 16.5 Å². The Labute approximate surface area is 285 Å². The quantitative estimate of drug-likeness (QED) is 0.128. The van der Waals surface area contributed by atoms with Gasteiger partial charge in [-0.25, -0.2) is 14.4 Å². The van der Waals surface area contributed by atoms with Gasteiger partial charge in [0.2, 0.25) is 5.91 Å². The highest BCUT2D eigenvalue weighted by Crippen LogP contribution is 2.24. The van der Waals surface area contributed by atoms with Gasteiger partial charge < -0.3 is 30.2 Å². The second-order valence-electron chi connectivity index (χ2n) is 12.4. The molecule has 0 fully saturated rings. The van der Waals surface area contributed by atoms with Gasteiger partial charge in [0.1, 0.15) is 30.9 Å². The fraction of sp³-hybridized carbons (Fsp3) is 0.324. The number of carbonyl (C=O) groups excluding carboxylic acids is 5. The standard InChI is InChI=1S/C37H42N4O8/c1-25(39-36(46)48-24-27-15-9-6-10-16-27)33(43)41-22-28(29-17-11-12-18-31(29)41)21-30(34(44)47-23-26-13-7-5-8-14-26)40-32(42)19-20-38-35(45)49-37(2,3)4/h5-18,22,25,30H,19-21,23-24H2,1-4H3,(H,38,45)(H,39,46)(H,40,42). The Kier molecular flexibility index (Phi) is 12.5. The Balaban J connectivity index is 1.47. The van der Waals surface area contributed by atoms with E-state index in [-0.39, 0.29) is 32.6 Å². The summed E-state index contributed by atoms with van der Waals surface area (Å²) in [5, 5.41) is 8.52. The Morgan fingerprint density at radius 3 is 1.98 bits per heavy atom. The largest absolute Gasteiger partial charge is 0.459 e. The lowest BCUT2D eigenvalue weighted by Gasteiger charge is -2.20. The molecule has 0 bridgehead atoms. The zero-order valence-corrected chi connectivity index (χ0v) is 28.1. The lowest BCUT2D eigenvalue weighted by molar-refractivity contribution is -0.149. The fourth-order valence-electron chi connectivity index (χ4n) is 4.91. The lowest BCUT2D eigenvalue weighted by atomic mass is 10.0. The zero-order valence-electron chi connectivity index (χ0n) is 28.1. The lowest BCUT2D eigenvalue weighted by Crippen LogP contribution is -2.44. The van der Waals surface area contributed by atoms with Gasteiger partial charge in [-0.1, -0.05) is 78.9 Å². The average Bonchev–Trinajstić information content (AvgIpc) is 3.43. The first kappa shape index (κ1) is 36.2. The van der Waals surface area contributed by atoms with Crippen LogP contribution in [0, 0.1) is 0 Å². The number of nitrogens with zero attached hydrogens (tertiary/aromatic N) is 1. The number of hydrogen-bond donors (Lipinski definition) is 3. The maximum absolute atomic E-state index is 13.6. The second-order valence-corrected chi connectivity index (χ2v) is 12.4. The summed E-state index contributed by atoms with van der Waals surface area (Å²) < 4.78 is 17.5. The van der Waals surface area contributed by atoms with E-state index < -0.39 is 47.7 Å². The zero-order chi connectivity index (χ0) is 35.4. The van der Waals surface area contributed by atoms with Gasteiger partial charge in [-0.15, -0.1) is 0 Å². The molecule has 49 heavy (non-hydrogen) atoms. The van der Waals surface area contributed by atoms with E-state index >= 15 is 0 Å². The van der Waals surface area contributed by atoms with Crippen molar-refractivity contribution in [1.29, 1.82) is 0 Å². The molecule has 3 amide bonds. The van der Waals surface area contributed by atoms with Crippen molar-refractivity contribution in [2.45, 2.75) is 71.4 Å². The summed E-state index contributed by atoms with van der Waals surface area (Å²) in [7, 11) is 0. The van der Waals surface area contributed by atoms with Crippen LogP contribution in [0.1, 0.15) is 55.6 Å². The number of aromatic nitrogens is 1. The molecule has 0 saturated carbocycles. The molecule has 3 N–H and O–H groups in total. The molecule has 0 aliphatic rings. The molecule has 12 nitrogen and oxygen atoms in total. The summed E-state index contributed by atoms with van der Waals surface area (Å²) in [5.74, 6) is -1.60. The summed E-state index contributed by atoms with van der Waals surface area (Å²) in [6, 6.07) is 23.4. The van der Waals surface area contributed by atoms with Crippen LogP contribution in [0.15, 0.2) is 91.1 Å². The van der Waals surface area contributed by atoms with Crippen molar-refractivity contribution in [3.63, 3.8) is 0 Å². The van der Waals surface area contributed by atoms with E-state index in [1.807, 2.05) is 60.7 Å². The van der Waals surface area contributed by atoms with Gasteiger partial charge >= 0.3 is 18.2 Å². The van der Waals surface area contributed by atoms with Crippen LogP contribution in [0.3, 0.4) is 0 Å². The average molecular weight is 671 g/mol. The van der Waals surface area contributed by atoms with Crippen LogP contribution < -0.4 is 16.0 Å². The predicted octanol–water partition coefficient (Wildman–Crippen LogP) is 5.28. The number of esters is 1. The van der Waals surface area contributed by atoms with E-state index in [2.05, 4.69) is 16.0 Å². The van der Waals surface area contributed by atoms with Crippen molar-refractivity contribution < 1.29 is 38.2 Å². The number of nitrogens with one attached hydrogen (secondary N) is 3. The molecule has 1 heterocycles. The first-order valence-electron chi connectivity index (χ1n) is 16.0. The van der Waals surface area contributed by atoms with Crippen LogP contribution in [-0.4, -0.2) is 58.8 Å².